The summed E-state index contributed by atoms with van der Waals surface area (Å²) in [5, 5.41) is 2.99. The van der Waals surface area contributed by atoms with Crippen molar-refractivity contribution in [3.63, 3.8) is 0 Å². The van der Waals surface area contributed by atoms with Crippen molar-refractivity contribution in [2.75, 3.05) is 13.2 Å². The Balaban J connectivity index is 1.69. The van der Waals surface area contributed by atoms with E-state index in [-0.39, 0.29) is 19.6 Å². The van der Waals surface area contributed by atoms with Gasteiger partial charge in [0.15, 0.2) is 0 Å². The monoisotopic (exact) mass is 604 g/mol. The van der Waals surface area contributed by atoms with Gasteiger partial charge in [-0.2, -0.15) is 0 Å². The predicted octanol–water partition coefficient (Wildman–Crippen LogP) is 0.744. The molecule has 2 aliphatic heterocycles. The summed E-state index contributed by atoms with van der Waals surface area (Å²) in [6.45, 7) is 3.52. The first kappa shape index (κ1) is 32.7. The smallest absolute Gasteiger partial charge is 0.421 e. The quantitative estimate of drug-likeness (QED) is 0.291. The Morgan fingerprint density at radius 1 is 1.00 bits per heavy atom. The van der Waals surface area contributed by atoms with Crippen LogP contribution in [0.3, 0.4) is 0 Å². The molecule has 1 unspecified atom stereocenters. The van der Waals surface area contributed by atoms with Crippen LogP contribution in [0.5, 0.6) is 0 Å². The lowest BCUT2D eigenvalue weighted by Gasteiger charge is -2.28. The van der Waals surface area contributed by atoms with Crippen LogP contribution >= 0.6 is 0 Å². The first-order valence-corrected chi connectivity index (χ1v) is 13.6. The maximum absolute atomic E-state index is 13.4. The summed E-state index contributed by atoms with van der Waals surface area (Å²) in [4.78, 5) is 105. The molecule has 0 bridgehead atoms. The average molecular weight is 605 g/mol. The molecule has 2 heterocycles. The fourth-order valence-electron chi connectivity index (χ4n) is 4.30. The molecule has 1 N–H and O–H groups in total. The van der Waals surface area contributed by atoms with Gasteiger partial charge in [-0.3, -0.25) is 14.9 Å². The highest BCUT2D eigenvalue weighted by atomic mass is 17.2. The Kier molecular flexibility index (Phi) is 12.2. The summed E-state index contributed by atoms with van der Waals surface area (Å²) < 4.78 is 10.2. The largest absolute Gasteiger partial charge is 0.465 e. The summed E-state index contributed by atoms with van der Waals surface area (Å²) in [5.41, 5.74) is 0.997. The SMILES string of the molecule is CCOC(=O)[C@H](CCc1ccccc1)NC(C)C(=O)N1CCC[C@H]1C(=O)O/C1=C/C(=O)OOC(=O)CCC(=O)OOC1=O. The van der Waals surface area contributed by atoms with E-state index in [1.54, 1.807) is 6.92 Å². The van der Waals surface area contributed by atoms with Crippen molar-refractivity contribution in [2.45, 2.75) is 70.5 Å². The molecule has 3 rings (SSSR count). The van der Waals surface area contributed by atoms with E-state index < -0.39 is 78.4 Å². The summed E-state index contributed by atoms with van der Waals surface area (Å²) in [5.74, 6) is -8.35. The Morgan fingerprint density at radius 2 is 1.67 bits per heavy atom. The van der Waals surface area contributed by atoms with E-state index in [0.717, 1.165) is 5.56 Å². The molecule has 2 aliphatic rings. The van der Waals surface area contributed by atoms with Crippen LogP contribution in [0, 0.1) is 0 Å². The summed E-state index contributed by atoms with van der Waals surface area (Å²) in [6.07, 6.45) is 0.722. The zero-order valence-electron chi connectivity index (χ0n) is 23.6. The molecule has 43 heavy (non-hydrogen) atoms. The van der Waals surface area contributed by atoms with Crippen molar-refractivity contribution in [3.05, 3.63) is 47.7 Å². The zero-order chi connectivity index (χ0) is 31.4. The molecule has 0 spiro atoms. The van der Waals surface area contributed by atoms with Crippen LogP contribution in [0.25, 0.3) is 0 Å². The molecule has 0 aliphatic carbocycles. The fraction of sp³-hybridized carbons (Fsp3) is 0.464. The minimum absolute atomic E-state index is 0.151. The van der Waals surface area contributed by atoms with Crippen LogP contribution in [0.2, 0.25) is 0 Å². The molecule has 0 aromatic heterocycles. The Morgan fingerprint density at radius 3 is 2.35 bits per heavy atom. The van der Waals surface area contributed by atoms with Crippen LogP contribution in [0.1, 0.15) is 51.5 Å². The van der Waals surface area contributed by atoms with E-state index in [0.29, 0.717) is 25.3 Å². The normalized spacial score (nSPS) is 20.5. The number of ether oxygens (including phenoxy) is 2. The molecule has 232 valence electrons. The van der Waals surface area contributed by atoms with Gasteiger partial charge >= 0.3 is 35.8 Å². The van der Waals surface area contributed by atoms with Crippen molar-refractivity contribution in [1.29, 1.82) is 0 Å². The molecule has 1 aromatic rings. The Hall–Kier alpha value is -4.79. The van der Waals surface area contributed by atoms with Gasteiger partial charge < -0.3 is 14.4 Å². The van der Waals surface area contributed by atoms with Gasteiger partial charge in [0, 0.05) is 6.54 Å². The number of rotatable bonds is 10. The summed E-state index contributed by atoms with van der Waals surface area (Å²) in [7, 11) is 0. The zero-order valence-corrected chi connectivity index (χ0v) is 23.6. The number of esters is 2. The van der Waals surface area contributed by atoms with E-state index >= 15 is 0 Å². The Bertz CT molecular complexity index is 1250. The van der Waals surface area contributed by atoms with E-state index in [2.05, 4.69) is 24.9 Å². The van der Waals surface area contributed by atoms with Crippen LogP contribution in [-0.2, 0) is 69.0 Å². The third-order valence-electron chi connectivity index (χ3n) is 6.39. The lowest BCUT2D eigenvalue weighted by Crippen LogP contribution is -2.53. The predicted molar refractivity (Wildman–Crippen MR) is 140 cm³/mol. The molecule has 0 radical (unpaired) electrons. The number of carbonyl (C=O) groups excluding carboxylic acids is 7. The number of benzene rings is 1. The molecule has 1 amide bonds. The van der Waals surface area contributed by atoms with Gasteiger partial charge in [-0.15, -0.1) is 0 Å². The first-order chi connectivity index (χ1) is 20.6. The molecule has 0 saturated carbocycles. The number of nitrogens with one attached hydrogen (secondary N) is 1. The van der Waals surface area contributed by atoms with Crippen LogP contribution in [-0.4, -0.2) is 77.9 Å². The maximum Gasteiger partial charge on any atom is 0.421 e. The van der Waals surface area contributed by atoms with Crippen molar-refractivity contribution >= 4 is 41.7 Å². The second-order valence-electron chi connectivity index (χ2n) is 9.52. The highest BCUT2D eigenvalue weighted by Crippen LogP contribution is 2.22. The van der Waals surface area contributed by atoms with Crippen LogP contribution in [0.15, 0.2) is 42.2 Å². The second kappa shape index (κ2) is 16.0. The second-order valence-corrected chi connectivity index (χ2v) is 9.52. The molecule has 3 atom stereocenters. The number of carbonyl (C=O) groups is 7. The van der Waals surface area contributed by atoms with E-state index in [9.17, 15) is 33.6 Å². The molecule has 1 fully saturated rings. The minimum atomic E-state index is -1.54. The molecule has 1 aromatic carbocycles. The van der Waals surface area contributed by atoms with Gasteiger partial charge in [-0.05, 0) is 45.1 Å². The van der Waals surface area contributed by atoms with Gasteiger partial charge in [-0.1, -0.05) is 30.3 Å². The highest BCUT2D eigenvalue weighted by Gasteiger charge is 2.39. The van der Waals surface area contributed by atoms with Crippen LogP contribution in [0.4, 0.5) is 0 Å². The molecule has 1 saturated heterocycles. The number of amides is 1. The number of aryl methyl sites for hydroxylation is 1. The Labute approximate surface area is 246 Å². The average Bonchev–Trinajstić information content (AvgIpc) is 3.49. The number of hydrogen-bond donors (Lipinski definition) is 1. The van der Waals surface area contributed by atoms with Gasteiger partial charge in [0.25, 0.3) is 0 Å². The van der Waals surface area contributed by atoms with Crippen molar-refractivity contribution in [2.24, 2.45) is 0 Å². The van der Waals surface area contributed by atoms with Crippen molar-refractivity contribution in [3.8, 4) is 0 Å². The number of hydrogen-bond acceptors (Lipinski definition) is 14. The third-order valence-corrected chi connectivity index (χ3v) is 6.39. The van der Waals surface area contributed by atoms with Gasteiger partial charge in [0.1, 0.15) is 12.1 Å². The standard InChI is InChI=1S/C28H32N2O13/c1-3-38-26(35)19(12-11-18-8-5-4-6-9-18)29-17(2)25(34)30-15-7-10-20(30)27(36)39-21-16-24(33)42-40-22(31)13-14-23(32)41-43-28(21)37/h4-6,8-9,16-17,19-20,29H,3,7,10-15H2,1-2H3/b21-16+/t17?,19-,20-/m0/s1. The third kappa shape index (κ3) is 9.92. The lowest BCUT2D eigenvalue weighted by atomic mass is 10.0. The van der Waals surface area contributed by atoms with Gasteiger partial charge in [0.05, 0.1) is 31.6 Å². The van der Waals surface area contributed by atoms with Crippen molar-refractivity contribution < 1.29 is 62.6 Å². The van der Waals surface area contributed by atoms with E-state index in [4.69, 9.17) is 9.47 Å². The fourth-order valence-corrected chi connectivity index (χ4v) is 4.30. The summed E-state index contributed by atoms with van der Waals surface area (Å²) in [6, 6.07) is 6.56. The maximum atomic E-state index is 13.4. The van der Waals surface area contributed by atoms with Crippen molar-refractivity contribution in [1.82, 2.24) is 10.2 Å². The van der Waals surface area contributed by atoms with E-state index in [1.165, 1.54) is 11.8 Å². The molecular formula is C28H32N2O13. The number of likely N-dealkylation sites (tertiary alicyclic amines) is 1. The number of nitrogens with zero attached hydrogens (tertiary/aromatic N) is 1. The van der Waals surface area contributed by atoms with Crippen LogP contribution < -0.4 is 5.32 Å². The molecule has 15 heteroatoms. The minimum Gasteiger partial charge on any atom is -0.465 e. The molecular weight excluding hydrogens is 572 g/mol. The molecule has 15 nitrogen and oxygen atoms in total. The van der Waals surface area contributed by atoms with Gasteiger partial charge in [-0.25, -0.2) is 43.5 Å². The van der Waals surface area contributed by atoms with Gasteiger partial charge in [0.2, 0.25) is 11.7 Å². The van der Waals surface area contributed by atoms with E-state index in [1.807, 2.05) is 30.3 Å². The lowest BCUT2D eigenvalue weighted by molar-refractivity contribution is -0.262. The first-order valence-electron chi connectivity index (χ1n) is 13.6. The highest BCUT2D eigenvalue weighted by molar-refractivity contribution is 5.98. The topological polar surface area (TPSA) is 190 Å². The summed E-state index contributed by atoms with van der Waals surface area (Å²) >= 11 is 0.